The first-order valence-corrected chi connectivity index (χ1v) is 7.05. The SMILES string of the molecule is Nc1noc(C2CC2c2ccccc2)c1-c1cccnc1. The summed E-state index contributed by atoms with van der Waals surface area (Å²) in [4.78, 5) is 4.15. The number of benzene rings is 1. The van der Waals surface area contributed by atoms with Gasteiger partial charge in [0.25, 0.3) is 0 Å². The third-order valence-corrected chi connectivity index (χ3v) is 4.05. The molecular formula is C17H15N3O. The first-order chi connectivity index (χ1) is 10.3. The van der Waals surface area contributed by atoms with Crippen LogP contribution >= 0.6 is 0 Å². The number of hydrogen-bond donors (Lipinski definition) is 1. The standard InChI is InChI=1S/C17H15N3O/c18-17-15(12-7-4-8-19-10-12)16(21-20-17)14-9-13(14)11-5-2-1-3-6-11/h1-8,10,13-14H,9H2,(H2,18,20). The predicted octanol–water partition coefficient (Wildman–Crippen LogP) is 3.59. The molecule has 0 aliphatic heterocycles. The van der Waals surface area contributed by atoms with E-state index in [0.29, 0.717) is 17.7 Å². The van der Waals surface area contributed by atoms with E-state index in [1.807, 2.05) is 18.2 Å². The van der Waals surface area contributed by atoms with Gasteiger partial charge in [0.1, 0.15) is 0 Å². The summed E-state index contributed by atoms with van der Waals surface area (Å²) in [6, 6.07) is 14.4. The number of aromatic nitrogens is 2. The molecule has 2 aromatic heterocycles. The van der Waals surface area contributed by atoms with Crippen molar-refractivity contribution in [2.24, 2.45) is 0 Å². The summed E-state index contributed by atoms with van der Waals surface area (Å²) in [6.45, 7) is 0. The molecule has 4 heteroatoms. The van der Waals surface area contributed by atoms with Gasteiger partial charge < -0.3 is 10.3 Å². The largest absolute Gasteiger partial charge is 0.380 e. The summed E-state index contributed by atoms with van der Waals surface area (Å²) in [6.07, 6.45) is 4.62. The van der Waals surface area contributed by atoms with Crippen LogP contribution in [0.4, 0.5) is 5.82 Å². The summed E-state index contributed by atoms with van der Waals surface area (Å²) >= 11 is 0. The van der Waals surface area contributed by atoms with Crippen LogP contribution in [0.2, 0.25) is 0 Å². The Bertz CT molecular complexity index is 752. The van der Waals surface area contributed by atoms with Gasteiger partial charge in [0.15, 0.2) is 11.6 Å². The quantitative estimate of drug-likeness (QED) is 0.794. The molecule has 2 atom stereocenters. The van der Waals surface area contributed by atoms with Crippen molar-refractivity contribution in [3.63, 3.8) is 0 Å². The van der Waals surface area contributed by atoms with Crippen molar-refractivity contribution >= 4 is 5.82 Å². The van der Waals surface area contributed by atoms with E-state index in [9.17, 15) is 0 Å². The molecule has 0 saturated heterocycles. The first-order valence-electron chi connectivity index (χ1n) is 7.05. The van der Waals surface area contributed by atoms with E-state index in [1.54, 1.807) is 12.4 Å². The highest BCUT2D eigenvalue weighted by Crippen LogP contribution is 2.57. The van der Waals surface area contributed by atoms with Crippen LogP contribution < -0.4 is 5.73 Å². The summed E-state index contributed by atoms with van der Waals surface area (Å²) in [7, 11) is 0. The molecule has 1 saturated carbocycles. The average molecular weight is 277 g/mol. The molecular weight excluding hydrogens is 262 g/mol. The van der Waals surface area contributed by atoms with Gasteiger partial charge in [-0.15, -0.1) is 0 Å². The molecule has 3 aromatic rings. The molecule has 0 spiro atoms. The molecule has 0 bridgehead atoms. The van der Waals surface area contributed by atoms with E-state index in [2.05, 4.69) is 34.4 Å². The van der Waals surface area contributed by atoms with Gasteiger partial charge in [-0.1, -0.05) is 41.6 Å². The Morgan fingerprint density at radius 3 is 2.67 bits per heavy atom. The highest BCUT2D eigenvalue weighted by atomic mass is 16.5. The minimum atomic E-state index is 0.354. The normalized spacial score (nSPS) is 20.4. The van der Waals surface area contributed by atoms with Gasteiger partial charge in [-0.3, -0.25) is 4.98 Å². The minimum absolute atomic E-state index is 0.354. The monoisotopic (exact) mass is 277 g/mol. The van der Waals surface area contributed by atoms with Gasteiger partial charge >= 0.3 is 0 Å². The predicted molar refractivity (Wildman–Crippen MR) is 80.7 cm³/mol. The third-order valence-electron chi connectivity index (χ3n) is 4.05. The number of nitrogens with two attached hydrogens (primary N) is 1. The van der Waals surface area contributed by atoms with Gasteiger partial charge in [0.05, 0.1) is 5.56 Å². The van der Waals surface area contributed by atoms with Gasteiger partial charge in [-0.25, -0.2) is 0 Å². The molecule has 4 nitrogen and oxygen atoms in total. The maximum atomic E-state index is 5.99. The van der Waals surface area contributed by atoms with Crippen LogP contribution in [0.15, 0.2) is 59.4 Å². The average Bonchev–Trinajstić information content (AvgIpc) is 3.25. The smallest absolute Gasteiger partial charge is 0.175 e. The van der Waals surface area contributed by atoms with Crippen LogP contribution in [-0.4, -0.2) is 10.1 Å². The van der Waals surface area contributed by atoms with Crippen molar-refractivity contribution in [2.45, 2.75) is 18.3 Å². The maximum Gasteiger partial charge on any atom is 0.175 e. The Morgan fingerprint density at radius 2 is 1.90 bits per heavy atom. The molecule has 2 N–H and O–H groups in total. The van der Waals surface area contributed by atoms with E-state index in [4.69, 9.17) is 10.3 Å². The Hall–Kier alpha value is -2.62. The Labute approximate surface area is 122 Å². The Morgan fingerprint density at radius 1 is 1.05 bits per heavy atom. The van der Waals surface area contributed by atoms with E-state index in [-0.39, 0.29) is 0 Å². The van der Waals surface area contributed by atoms with Gasteiger partial charge in [-0.2, -0.15) is 0 Å². The van der Waals surface area contributed by atoms with E-state index < -0.39 is 0 Å². The number of nitrogen functional groups attached to an aromatic ring is 1. The molecule has 1 aromatic carbocycles. The topological polar surface area (TPSA) is 64.9 Å². The van der Waals surface area contributed by atoms with Crippen LogP contribution in [0.5, 0.6) is 0 Å². The highest BCUT2D eigenvalue weighted by Gasteiger charge is 2.44. The van der Waals surface area contributed by atoms with Crippen molar-refractivity contribution in [1.82, 2.24) is 10.1 Å². The first kappa shape index (κ1) is 12.1. The van der Waals surface area contributed by atoms with E-state index in [0.717, 1.165) is 23.3 Å². The second-order valence-corrected chi connectivity index (χ2v) is 5.41. The molecule has 1 fully saturated rings. The molecule has 1 aliphatic rings. The highest BCUT2D eigenvalue weighted by molar-refractivity contribution is 5.76. The molecule has 104 valence electrons. The summed E-state index contributed by atoms with van der Waals surface area (Å²) in [5.41, 5.74) is 9.19. The molecule has 1 aliphatic carbocycles. The summed E-state index contributed by atoms with van der Waals surface area (Å²) in [5.74, 6) is 2.17. The van der Waals surface area contributed by atoms with Crippen LogP contribution in [0.1, 0.15) is 29.6 Å². The lowest BCUT2D eigenvalue weighted by molar-refractivity contribution is 0.386. The molecule has 0 amide bonds. The zero-order chi connectivity index (χ0) is 14.2. The van der Waals surface area contributed by atoms with Crippen molar-refractivity contribution in [1.29, 1.82) is 0 Å². The zero-order valence-corrected chi connectivity index (χ0v) is 11.4. The maximum absolute atomic E-state index is 5.99. The van der Waals surface area contributed by atoms with Crippen molar-refractivity contribution in [3.8, 4) is 11.1 Å². The number of pyridine rings is 1. The lowest BCUT2D eigenvalue weighted by atomic mass is 10.0. The molecule has 4 rings (SSSR count). The van der Waals surface area contributed by atoms with Gasteiger partial charge in [0, 0.05) is 23.9 Å². The second kappa shape index (κ2) is 4.74. The number of nitrogens with zero attached hydrogens (tertiary/aromatic N) is 2. The van der Waals surface area contributed by atoms with Crippen molar-refractivity contribution < 1.29 is 4.52 Å². The Balaban J connectivity index is 1.69. The summed E-state index contributed by atoms with van der Waals surface area (Å²) in [5, 5.41) is 3.96. The summed E-state index contributed by atoms with van der Waals surface area (Å²) < 4.78 is 5.52. The fourth-order valence-corrected chi connectivity index (χ4v) is 2.92. The minimum Gasteiger partial charge on any atom is -0.380 e. The second-order valence-electron chi connectivity index (χ2n) is 5.41. The number of hydrogen-bond acceptors (Lipinski definition) is 4. The van der Waals surface area contributed by atoms with Gasteiger partial charge in [0.2, 0.25) is 0 Å². The lowest BCUT2D eigenvalue weighted by Crippen LogP contribution is -1.91. The Kier molecular flexibility index (Phi) is 2.74. The fourth-order valence-electron chi connectivity index (χ4n) is 2.92. The number of rotatable bonds is 3. The van der Waals surface area contributed by atoms with Crippen LogP contribution in [0.3, 0.4) is 0 Å². The van der Waals surface area contributed by atoms with E-state index in [1.165, 1.54) is 5.56 Å². The van der Waals surface area contributed by atoms with Crippen molar-refractivity contribution in [2.75, 3.05) is 5.73 Å². The van der Waals surface area contributed by atoms with Crippen LogP contribution in [0, 0.1) is 0 Å². The lowest BCUT2D eigenvalue weighted by Gasteiger charge is -2.02. The molecule has 0 radical (unpaired) electrons. The van der Waals surface area contributed by atoms with Gasteiger partial charge in [-0.05, 0) is 24.0 Å². The molecule has 2 heterocycles. The number of anilines is 1. The molecule has 2 unspecified atom stereocenters. The zero-order valence-electron chi connectivity index (χ0n) is 11.4. The van der Waals surface area contributed by atoms with Crippen LogP contribution in [-0.2, 0) is 0 Å². The fraction of sp³-hybridized carbons (Fsp3) is 0.176. The van der Waals surface area contributed by atoms with E-state index >= 15 is 0 Å². The molecule has 21 heavy (non-hydrogen) atoms. The van der Waals surface area contributed by atoms with Crippen molar-refractivity contribution in [3.05, 3.63) is 66.2 Å². The van der Waals surface area contributed by atoms with Crippen LogP contribution in [0.25, 0.3) is 11.1 Å². The third kappa shape index (κ3) is 2.09.